The lowest BCUT2D eigenvalue weighted by atomic mass is 9.78. The summed E-state index contributed by atoms with van der Waals surface area (Å²) in [5.41, 5.74) is -0.312. The van der Waals surface area contributed by atoms with Gasteiger partial charge in [-0.05, 0) is 38.8 Å². The van der Waals surface area contributed by atoms with Crippen molar-refractivity contribution < 1.29 is 9.21 Å². The minimum Gasteiger partial charge on any atom is -0.424 e. The molecule has 1 aliphatic carbocycles. The maximum absolute atomic E-state index is 13.0. The second kappa shape index (κ2) is 6.77. The Morgan fingerprint density at radius 3 is 2.45 bits per heavy atom. The predicted octanol–water partition coefficient (Wildman–Crippen LogP) is 2.18. The highest BCUT2D eigenvalue weighted by Gasteiger charge is 2.44. The molecule has 2 heterocycles. The monoisotopic (exact) mass is 306 g/mol. The molecule has 0 spiro atoms. The molecule has 122 valence electrons. The van der Waals surface area contributed by atoms with Crippen molar-refractivity contribution in [2.24, 2.45) is 0 Å². The molecular formula is C16H26N4O2. The van der Waals surface area contributed by atoms with E-state index in [0.29, 0.717) is 18.3 Å². The van der Waals surface area contributed by atoms with E-state index in [1.165, 1.54) is 25.7 Å². The molecule has 1 aliphatic heterocycles. The molecule has 3 rings (SSSR count). The van der Waals surface area contributed by atoms with Gasteiger partial charge in [0.25, 0.3) is 0 Å². The third kappa shape index (κ3) is 3.16. The second-order valence-electron chi connectivity index (χ2n) is 6.54. The van der Waals surface area contributed by atoms with Gasteiger partial charge < -0.3 is 9.73 Å². The van der Waals surface area contributed by atoms with E-state index in [1.807, 2.05) is 0 Å². The quantitative estimate of drug-likeness (QED) is 0.923. The fraction of sp³-hybridized carbons (Fsp3) is 0.812. The van der Waals surface area contributed by atoms with Crippen LogP contribution in [0.4, 0.5) is 0 Å². The van der Waals surface area contributed by atoms with E-state index < -0.39 is 0 Å². The fourth-order valence-corrected chi connectivity index (χ4v) is 3.87. The van der Waals surface area contributed by atoms with Gasteiger partial charge in [-0.15, -0.1) is 10.2 Å². The van der Waals surface area contributed by atoms with Gasteiger partial charge in [0, 0.05) is 6.92 Å². The van der Waals surface area contributed by atoms with Crippen molar-refractivity contribution in [2.75, 3.05) is 13.1 Å². The Balaban J connectivity index is 1.68. The van der Waals surface area contributed by atoms with Crippen LogP contribution in [0.1, 0.15) is 63.1 Å². The minimum absolute atomic E-state index is 0.143. The molecule has 1 amide bonds. The van der Waals surface area contributed by atoms with Crippen LogP contribution in [-0.2, 0) is 11.3 Å². The van der Waals surface area contributed by atoms with E-state index in [1.54, 1.807) is 6.92 Å². The largest absolute Gasteiger partial charge is 0.424 e. The lowest BCUT2D eigenvalue weighted by molar-refractivity contribution is -0.137. The van der Waals surface area contributed by atoms with Crippen LogP contribution in [0.25, 0.3) is 0 Å². The molecule has 0 unspecified atom stereocenters. The summed E-state index contributed by atoms with van der Waals surface area (Å²) in [6, 6.07) is 0. The molecule has 0 aromatic carbocycles. The van der Waals surface area contributed by atoms with Crippen molar-refractivity contribution >= 4 is 5.91 Å². The van der Waals surface area contributed by atoms with E-state index in [4.69, 9.17) is 4.42 Å². The van der Waals surface area contributed by atoms with E-state index in [-0.39, 0.29) is 11.4 Å². The number of aromatic nitrogens is 2. The first-order valence-electron chi connectivity index (χ1n) is 8.53. The zero-order chi connectivity index (χ0) is 15.4. The third-order valence-corrected chi connectivity index (χ3v) is 5.03. The normalized spacial score (nSPS) is 22.4. The molecule has 1 saturated carbocycles. The highest BCUT2D eigenvalue weighted by molar-refractivity contribution is 5.86. The van der Waals surface area contributed by atoms with Crippen LogP contribution in [0, 0.1) is 6.92 Å². The number of likely N-dealkylation sites (tertiary alicyclic amines) is 1. The van der Waals surface area contributed by atoms with Gasteiger partial charge in [0.2, 0.25) is 17.7 Å². The summed E-state index contributed by atoms with van der Waals surface area (Å²) in [5.74, 6) is 1.16. The molecule has 22 heavy (non-hydrogen) atoms. The number of aryl methyl sites for hydroxylation is 1. The van der Waals surface area contributed by atoms with Crippen molar-refractivity contribution in [3.05, 3.63) is 11.8 Å². The molecule has 6 heteroatoms. The Kier molecular flexibility index (Phi) is 4.76. The summed E-state index contributed by atoms with van der Waals surface area (Å²) in [5, 5.41) is 10.8. The molecule has 1 saturated heterocycles. The molecule has 0 atom stereocenters. The van der Waals surface area contributed by atoms with E-state index in [9.17, 15) is 4.79 Å². The molecular weight excluding hydrogens is 280 g/mol. The fourth-order valence-electron chi connectivity index (χ4n) is 3.87. The Morgan fingerprint density at radius 2 is 1.82 bits per heavy atom. The number of carbonyl (C=O) groups is 1. The first-order chi connectivity index (χ1) is 10.7. The highest BCUT2D eigenvalue weighted by atomic mass is 16.4. The number of carbonyl (C=O) groups excluding carboxylic acids is 1. The highest BCUT2D eigenvalue weighted by Crippen LogP contribution is 2.35. The zero-order valence-electron chi connectivity index (χ0n) is 13.4. The average molecular weight is 306 g/mol. The van der Waals surface area contributed by atoms with E-state index in [2.05, 4.69) is 20.4 Å². The number of hydrogen-bond acceptors (Lipinski definition) is 5. The van der Waals surface area contributed by atoms with Crippen molar-refractivity contribution in [1.82, 2.24) is 20.4 Å². The molecule has 0 bridgehead atoms. The summed E-state index contributed by atoms with van der Waals surface area (Å²) < 4.78 is 5.35. The Labute approximate surface area is 131 Å². The van der Waals surface area contributed by atoms with Crippen molar-refractivity contribution in [3.8, 4) is 0 Å². The number of amides is 1. The van der Waals surface area contributed by atoms with Crippen LogP contribution in [0.3, 0.4) is 0 Å². The van der Waals surface area contributed by atoms with Crippen LogP contribution < -0.4 is 5.32 Å². The SMILES string of the molecule is Cc1nnc(CNC(=O)C2(N3CCCCC3)CCCCC2)o1. The number of hydrogen-bond donors (Lipinski definition) is 1. The summed E-state index contributed by atoms with van der Waals surface area (Å²) in [7, 11) is 0. The maximum Gasteiger partial charge on any atom is 0.240 e. The molecule has 1 aromatic heterocycles. The van der Waals surface area contributed by atoms with Gasteiger partial charge in [-0.2, -0.15) is 0 Å². The number of rotatable bonds is 4. The summed E-state index contributed by atoms with van der Waals surface area (Å²) in [4.78, 5) is 15.4. The average Bonchev–Trinajstić information content (AvgIpc) is 2.99. The smallest absolute Gasteiger partial charge is 0.240 e. The molecule has 1 N–H and O–H groups in total. The Hall–Kier alpha value is -1.43. The number of nitrogens with one attached hydrogen (secondary N) is 1. The van der Waals surface area contributed by atoms with Crippen LogP contribution in [0.5, 0.6) is 0 Å². The molecule has 0 radical (unpaired) electrons. The summed E-state index contributed by atoms with van der Waals surface area (Å²) in [6.07, 6.45) is 9.17. The second-order valence-corrected chi connectivity index (χ2v) is 6.54. The first-order valence-corrected chi connectivity index (χ1v) is 8.53. The van der Waals surface area contributed by atoms with Crippen LogP contribution in [0.2, 0.25) is 0 Å². The van der Waals surface area contributed by atoms with Gasteiger partial charge >= 0.3 is 0 Å². The van der Waals surface area contributed by atoms with E-state index in [0.717, 1.165) is 38.8 Å². The van der Waals surface area contributed by atoms with Gasteiger partial charge in [0.1, 0.15) is 5.54 Å². The summed E-state index contributed by atoms with van der Waals surface area (Å²) in [6.45, 7) is 4.18. The first kappa shape index (κ1) is 15.5. The number of piperidine rings is 1. The minimum atomic E-state index is -0.312. The lowest BCUT2D eigenvalue weighted by Gasteiger charge is -2.46. The van der Waals surface area contributed by atoms with Gasteiger partial charge in [0.05, 0.1) is 6.54 Å². The van der Waals surface area contributed by atoms with Crippen molar-refractivity contribution in [3.63, 3.8) is 0 Å². The van der Waals surface area contributed by atoms with E-state index >= 15 is 0 Å². The number of nitrogens with zero attached hydrogens (tertiary/aromatic N) is 3. The Bertz CT molecular complexity index is 502. The maximum atomic E-state index is 13.0. The predicted molar refractivity (Wildman–Crippen MR) is 82.1 cm³/mol. The van der Waals surface area contributed by atoms with Crippen molar-refractivity contribution in [1.29, 1.82) is 0 Å². The molecule has 6 nitrogen and oxygen atoms in total. The van der Waals surface area contributed by atoms with Crippen molar-refractivity contribution in [2.45, 2.75) is 70.4 Å². The third-order valence-electron chi connectivity index (χ3n) is 5.03. The molecule has 2 fully saturated rings. The van der Waals surface area contributed by atoms with Gasteiger partial charge in [-0.1, -0.05) is 25.7 Å². The lowest BCUT2D eigenvalue weighted by Crippen LogP contribution is -2.60. The van der Waals surface area contributed by atoms with Crippen LogP contribution in [-0.4, -0.2) is 39.6 Å². The van der Waals surface area contributed by atoms with Gasteiger partial charge in [-0.25, -0.2) is 0 Å². The summed E-state index contributed by atoms with van der Waals surface area (Å²) >= 11 is 0. The Morgan fingerprint density at radius 1 is 1.14 bits per heavy atom. The van der Waals surface area contributed by atoms with Crippen LogP contribution in [0.15, 0.2) is 4.42 Å². The molecule has 1 aromatic rings. The molecule has 2 aliphatic rings. The topological polar surface area (TPSA) is 71.3 Å². The van der Waals surface area contributed by atoms with Crippen LogP contribution >= 0.6 is 0 Å². The van der Waals surface area contributed by atoms with Gasteiger partial charge in [-0.3, -0.25) is 9.69 Å². The zero-order valence-corrected chi connectivity index (χ0v) is 13.4. The van der Waals surface area contributed by atoms with Gasteiger partial charge in [0.15, 0.2) is 0 Å². The standard InChI is InChI=1S/C16H26N4O2/c1-13-18-19-14(22-13)12-17-15(21)16(8-4-2-5-9-16)20-10-6-3-7-11-20/h2-12H2,1H3,(H,17,21).